The van der Waals surface area contributed by atoms with Gasteiger partial charge < -0.3 is 15.4 Å². The van der Waals surface area contributed by atoms with Gasteiger partial charge in [-0.05, 0) is 50.1 Å². The van der Waals surface area contributed by atoms with Gasteiger partial charge in [-0.15, -0.1) is 24.0 Å². The van der Waals surface area contributed by atoms with Crippen molar-refractivity contribution in [3.63, 3.8) is 0 Å². The van der Waals surface area contributed by atoms with Gasteiger partial charge in [0.05, 0.1) is 11.4 Å². The number of aliphatic imine (C=N–C) groups is 1. The molecule has 0 unspecified atom stereocenters. The lowest BCUT2D eigenvalue weighted by atomic mass is 10.1. The maximum absolute atomic E-state index is 11.5. The third kappa shape index (κ3) is 9.49. The molecule has 0 bridgehead atoms. The summed E-state index contributed by atoms with van der Waals surface area (Å²) in [5.74, 6) is 1.59. The molecule has 2 N–H and O–H groups in total. The number of aryl methyl sites for hydroxylation is 1. The molecule has 0 aliphatic carbocycles. The summed E-state index contributed by atoms with van der Waals surface area (Å²) in [6, 6.07) is 14.9. The Morgan fingerprint density at radius 2 is 1.69 bits per heavy atom. The van der Waals surface area contributed by atoms with Gasteiger partial charge in [0.25, 0.3) is 0 Å². The molecular formula is C21H30IN3O3S. The van der Waals surface area contributed by atoms with Gasteiger partial charge in [0.15, 0.2) is 15.8 Å². The van der Waals surface area contributed by atoms with Crippen LogP contribution in [0.5, 0.6) is 5.75 Å². The predicted octanol–water partition coefficient (Wildman–Crippen LogP) is 3.19. The van der Waals surface area contributed by atoms with Gasteiger partial charge in [-0.1, -0.05) is 29.8 Å². The maximum Gasteiger partial charge on any atom is 0.191 e. The summed E-state index contributed by atoms with van der Waals surface area (Å²) in [7, 11) is -3.16. The number of sulfone groups is 1. The molecule has 0 spiro atoms. The second kappa shape index (κ2) is 12.7. The smallest absolute Gasteiger partial charge is 0.191 e. The summed E-state index contributed by atoms with van der Waals surface area (Å²) in [5.41, 5.74) is 2.26. The molecular weight excluding hydrogens is 501 g/mol. The Morgan fingerprint density at radius 3 is 2.28 bits per heavy atom. The van der Waals surface area contributed by atoms with Crippen LogP contribution in [-0.2, 0) is 16.3 Å². The van der Waals surface area contributed by atoms with Gasteiger partial charge in [0, 0.05) is 19.3 Å². The minimum absolute atomic E-state index is 0. The van der Waals surface area contributed by atoms with Crippen LogP contribution in [-0.4, -0.2) is 46.9 Å². The molecule has 160 valence electrons. The first-order valence-corrected chi connectivity index (χ1v) is 11.3. The number of benzene rings is 2. The number of ether oxygens (including phenoxy) is 1. The zero-order valence-corrected chi connectivity index (χ0v) is 20.3. The lowest BCUT2D eigenvalue weighted by Gasteiger charge is -2.12. The number of hydrogen-bond donors (Lipinski definition) is 2. The van der Waals surface area contributed by atoms with Crippen molar-refractivity contribution in [2.75, 3.05) is 32.5 Å². The zero-order chi connectivity index (χ0) is 20.4. The highest BCUT2D eigenvalue weighted by Gasteiger charge is 2.06. The first kappa shape index (κ1) is 25.2. The molecule has 0 amide bonds. The van der Waals surface area contributed by atoms with E-state index in [9.17, 15) is 8.42 Å². The average molecular weight is 531 g/mol. The van der Waals surface area contributed by atoms with Crippen molar-refractivity contribution in [3.8, 4) is 5.75 Å². The SMILES string of the molecule is CCNC(=NCCc1ccc(S(C)(=O)=O)cc1)NCCOc1ccc(C)cc1.I. The van der Waals surface area contributed by atoms with Gasteiger partial charge in [0.1, 0.15) is 12.4 Å². The van der Waals surface area contributed by atoms with Gasteiger partial charge >= 0.3 is 0 Å². The van der Waals surface area contributed by atoms with Gasteiger partial charge in [-0.2, -0.15) is 0 Å². The largest absolute Gasteiger partial charge is 0.492 e. The molecule has 2 aromatic carbocycles. The molecule has 0 saturated heterocycles. The molecule has 0 fully saturated rings. The van der Waals surface area contributed by atoms with Crippen LogP contribution in [0.15, 0.2) is 58.4 Å². The Bertz CT molecular complexity index is 867. The van der Waals surface area contributed by atoms with E-state index in [4.69, 9.17) is 4.74 Å². The fourth-order valence-corrected chi connectivity index (χ4v) is 3.15. The van der Waals surface area contributed by atoms with Crippen LogP contribution in [0.2, 0.25) is 0 Å². The molecule has 0 atom stereocenters. The van der Waals surface area contributed by atoms with Crippen LogP contribution in [0.3, 0.4) is 0 Å². The van der Waals surface area contributed by atoms with Crippen LogP contribution in [0.4, 0.5) is 0 Å². The monoisotopic (exact) mass is 531 g/mol. The first-order chi connectivity index (χ1) is 13.4. The predicted molar refractivity (Wildman–Crippen MR) is 129 cm³/mol. The van der Waals surface area contributed by atoms with Crippen LogP contribution in [0.1, 0.15) is 18.1 Å². The van der Waals surface area contributed by atoms with E-state index in [1.165, 1.54) is 11.8 Å². The summed E-state index contributed by atoms with van der Waals surface area (Å²) in [4.78, 5) is 4.89. The van der Waals surface area contributed by atoms with E-state index >= 15 is 0 Å². The normalized spacial score (nSPS) is 11.5. The molecule has 29 heavy (non-hydrogen) atoms. The lowest BCUT2D eigenvalue weighted by Crippen LogP contribution is -2.39. The molecule has 0 heterocycles. The highest BCUT2D eigenvalue weighted by molar-refractivity contribution is 14.0. The van der Waals surface area contributed by atoms with E-state index in [-0.39, 0.29) is 24.0 Å². The molecule has 0 aromatic heterocycles. The third-order valence-electron chi connectivity index (χ3n) is 4.05. The number of hydrogen-bond acceptors (Lipinski definition) is 4. The second-order valence-electron chi connectivity index (χ2n) is 6.52. The van der Waals surface area contributed by atoms with Gasteiger partial charge in [0.2, 0.25) is 0 Å². The molecule has 6 nitrogen and oxygen atoms in total. The van der Waals surface area contributed by atoms with Crippen LogP contribution in [0, 0.1) is 6.92 Å². The highest BCUT2D eigenvalue weighted by atomic mass is 127. The molecule has 8 heteroatoms. The Labute approximate surface area is 191 Å². The summed E-state index contributed by atoms with van der Waals surface area (Å²) in [6.07, 6.45) is 1.95. The summed E-state index contributed by atoms with van der Waals surface area (Å²) in [6.45, 7) is 6.62. The number of halogens is 1. The summed E-state index contributed by atoms with van der Waals surface area (Å²) >= 11 is 0. The van der Waals surface area contributed by atoms with Crippen molar-refractivity contribution in [2.24, 2.45) is 4.99 Å². The van der Waals surface area contributed by atoms with E-state index in [2.05, 4.69) is 15.6 Å². The Kier molecular flexibility index (Phi) is 11.0. The Hall–Kier alpha value is -1.81. The fourth-order valence-electron chi connectivity index (χ4n) is 2.51. The van der Waals surface area contributed by atoms with Crippen molar-refractivity contribution in [1.29, 1.82) is 0 Å². The van der Waals surface area contributed by atoms with Crippen molar-refractivity contribution in [1.82, 2.24) is 10.6 Å². The second-order valence-corrected chi connectivity index (χ2v) is 8.53. The lowest BCUT2D eigenvalue weighted by molar-refractivity contribution is 0.322. The van der Waals surface area contributed by atoms with Crippen LogP contribution < -0.4 is 15.4 Å². The summed E-state index contributed by atoms with van der Waals surface area (Å²) < 4.78 is 28.7. The van der Waals surface area contributed by atoms with E-state index in [0.717, 1.165) is 30.2 Å². The average Bonchev–Trinajstić information content (AvgIpc) is 2.66. The third-order valence-corrected chi connectivity index (χ3v) is 5.18. The number of rotatable bonds is 9. The molecule has 2 aromatic rings. The van der Waals surface area contributed by atoms with Crippen LogP contribution >= 0.6 is 24.0 Å². The zero-order valence-electron chi connectivity index (χ0n) is 17.1. The quantitative estimate of drug-likeness (QED) is 0.225. The minimum atomic E-state index is -3.16. The van der Waals surface area contributed by atoms with Crippen LogP contribution in [0.25, 0.3) is 0 Å². The van der Waals surface area contributed by atoms with Crippen molar-refractivity contribution < 1.29 is 13.2 Å². The number of nitrogens with one attached hydrogen (secondary N) is 2. The molecule has 0 aliphatic rings. The van der Waals surface area contributed by atoms with E-state index in [0.29, 0.717) is 24.6 Å². The Balaban J connectivity index is 0.00000420. The van der Waals surface area contributed by atoms with E-state index in [1.54, 1.807) is 12.1 Å². The highest BCUT2D eigenvalue weighted by Crippen LogP contribution is 2.11. The standard InChI is InChI=1S/C21H29N3O3S.HI/c1-4-22-21(24-15-16-27-19-9-5-17(2)6-10-19)23-14-13-18-7-11-20(12-8-18)28(3,25)26;/h5-12H,4,13-16H2,1-3H3,(H2,22,23,24);1H. The van der Waals surface area contributed by atoms with Crippen molar-refractivity contribution >= 4 is 39.8 Å². The molecule has 2 rings (SSSR count). The van der Waals surface area contributed by atoms with E-state index in [1.807, 2.05) is 50.2 Å². The van der Waals surface area contributed by atoms with E-state index < -0.39 is 9.84 Å². The van der Waals surface area contributed by atoms with Crippen molar-refractivity contribution in [3.05, 3.63) is 59.7 Å². The Morgan fingerprint density at radius 1 is 1.03 bits per heavy atom. The van der Waals surface area contributed by atoms with Gasteiger partial charge in [-0.25, -0.2) is 8.42 Å². The first-order valence-electron chi connectivity index (χ1n) is 9.39. The van der Waals surface area contributed by atoms with Gasteiger partial charge in [-0.3, -0.25) is 4.99 Å². The molecule has 0 saturated carbocycles. The molecule has 0 radical (unpaired) electrons. The number of nitrogens with zero attached hydrogens (tertiary/aromatic N) is 1. The molecule has 0 aliphatic heterocycles. The number of guanidine groups is 1. The maximum atomic E-state index is 11.5. The summed E-state index contributed by atoms with van der Waals surface area (Å²) in [5, 5.41) is 6.46. The van der Waals surface area contributed by atoms with Crippen molar-refractivity contribution in [2.45, 2.75) is 25.2 Å². The topological polar surface area (TPSA) is 79.8 Å². The minimum Gasteiger partial charge on any atom is -0.492 e. The fraction of sp³-hybridized carbons (Fsp3) is 0.381.